The molecule has 0 spiro atoms. The van der Waals surface area contributed by atoms with Crippen LogP contribution in [0.2, 0.25) is 0 Å². The molecule has 0 atom stereocenters. The van der Waals surface area contributed by atoms with Crippen LogP contribution in [0.4, 0.5) is 17.1 Å². The largest absolute Gasteiger partial charge is 0.405 e. The molecule has 0 unspecified atom stereocenters. The molecule has 0 saturated carbocycles. The first-order valence-corrected chi connectivity index (χ1v) is 16.8. The summed E-state index contributed by atoms with van der Waals surface area (Å²) in [5.41, 5.74) is 46.8. The summed E-state index contributed by atoms with van der Waals surface area (Å²) in [7, 11) is 0. The number of hydrogen-bond donors (Lipinski definition) is 4. The number of hydrogen-bond acceptors (Lipinski definition) is 4. The predicted molar refractivity (Wildman–Crippen MR) is 212 cm³/mol. The molecule has 4 aromatic carbocycles. The average Bonchev–Trinajstić information content (AvgIpc) is 3.58. The summed E-state index contributed by atoms with van der Waals surface area (Å²) in [4.78, 5) is 0. The molecule has 4 heteroatoms. The highest BCUT2D eigenvalue weighted by atomic mass is 14.6. The van der Waals surface area contributed by atoms with Gasteiger partial charge in [-0.3, -0.25) is 0 Å². The fraction of sp³-hybridized carbons (Fsp3) is 0.111. The van der Waals surface area contributed by atoms with Crippen molar-refractivity contribution < 1.29 is 0 Å². The molecule has 0 radical (unpaired) electrons. The summed E-state index contributed by atoms with van der Waals surface area (Å²) in [5, 5.41) is 0. The lowest BCUT2D eigenvalue weighted by Gasteiger charge is -2.24. The SMILES string of the molecule is C=Cc1c(C/C=C2/c3ccccc3-c3cccc(N)c32)cc2c(c1N)C=C(C/C=C1/C(/C=C\C)=C(C)c3cccc(N)c31)/C(=C/C=C\N)C2. The smallest absolute Gasteiger partial charge is 0.0466 e. The molecule has 0 bridgehead atoms. The zero-order chi connectivity index (χ0) is 34.2. The molecule has 8 N–H and O–H groups in total. The van der Waals surface area contributed by atoms with Crippen LogP contribution in [0, 0.1) is 0 Å². The second-order valence-corrected chi connectivity index (χ2v) is 12.8. The van der Waals surface area contributed by atoms with E-state index in [1.54, 1.807) is 6.20 Å². The van der Waals surface area contributed by atoms with Crippen LogP contribution in [-0.2, 0) is 12.8 Å². The fourth-order valence-corrected chi connectivity index (χ4v) is 7.77. The molecule has 4 aromatic rings. The van der Waals surface area contributed by atoms with Crippen LogP contribution in [0.15, 0.2) is 133 Å². The molecule has 4 nitrogen and oxygen atoms in total. The minimum atomic E-state index is 0.695. The lowest BCUT2D eigenvalue weighted by atomic mass is 9.82. The van der Waals surface area contributed by atoms with Crippen molar-refractivity contribution in [3.8, 4) is 11.1 Å². The van der Waals surface area contributed by atoms with Gasteiger partial charge in [-0.05, 0) is 130 Å². The van der Waals surface area contributed by atoms with E-state index in [1.807, 2.05) is 36.4 Å². The van der Waals surface area contributed by atoms with E-state index in [4.69, 9.17) is 22.9 Å². The Morgan fingerprint density at radius 2 is 1.47 bits per heavy atom. The highest BCUT2D eigenvalue weighted by Crippen LogP contribution is 2.48. The minimum absolute atomic E-state index is 0.695. The van der Waals surface area contributed by atoms with Gasteiger partial charge in [-0.25, -0.2) is 0 Å². The fourth-order valence-electron chi connectivity index (χ4n) is 7.77. The van der Waals surface area contributed by atoms with E-state index in [-0.39, 0.29) is 0 Å². The molecular weight excluding hydrogens is 597 g/mol. The summed E-state index contributed by atoms with van der Waals surface area (Å²) < 4.78 is 0. The van der Waals surface area contributed by atoms with Crippen molar-refractivity contribution >= 4 is 45.9 Å². The first-order chi connectivity index (χ1) is 23.9. The average molecular weight is 639 g/mol. The Morgan fingerprint density at radius 1 is 0.796 bits per heavy atom. The highest BCUT2D eigenvalue weighted by Gasteiger charge is 2.27. The predicted octanol–water partition coefficient (Wildman–Crippen LogP) is 9.91. The van der Waals surface area contributed by atoms with Crippen LogP contribution < -0.4 is 22.9 Å². The van der Waals surface area contributed by atoms with Crippen LogP contribution >= 0.6 is 0 Å². The van der Waals surface area contributed by atoms with E-state index in [0.29, 0.717) is 6.42 Å². The summed E-state index contributed by atoms with van der Waals surface area (Å²) in [5.74, 6) is 0. The second-order valence-electron chi connectivity index (χ2n) is 12.8. The number of nitrogens with two attached hydrogens (primary N) is 4. The Hall–Kier alpha value is -6.00. The third-order valence-corrected chi connectivity index (χ3v) is 10.1. The number of benzene rings is 4. The maximum Gasteiger partial charge on any atom is 0.0466 e. The van der Waals surface area contributed by atoms with Crippen LogP contribution in [0.1, 0.15) is 64.8 Å². The number of rotatable bonds is 7. The lowest BCUT2D eigenvalue weighted by Crippen LogP contribution is -2.09. The molecule has 0 fully saturated rings. The van der Waals surface area contributed by atoms with Crippen LogP contribution in [0.25, 0.3) is 40.0 Å². The van der Waals surface area contributed by atoms with Gasteiger partial charge >= 0.3 is 0 Å². The van der Waals surface area contributed by atoms with Crippen LogP contribution in [0.3, 0.4) is 0 Å². The van der Waals surface area contributed by atoms with E-state index in [2.05, 4.69) is 99.3 Å². The summed E-state index contributed by atoms with van der Waals surface area (Å²) >= 11 is 0. The standard InChI is InChI=1S/C45H42N4/c1-4-11-33-27(3)34-15-8-17-41(47)43(34)38(33)21-19-29-26-40-31(24-28(29)12-10-23-46)25-30(32(5-2)45(40)49)20-22-39-36-14-7-6-13-35(36)37-16-9-18-42(48)44(37)39/h4-18,21-23,25-26H,2,19-20,24,46-49H2,1,3H3/b11-4-,23-10-,28-12+,38-21-,39-22-. The van der Waals surface area contributed by atoms with Gasteiger partial charge in [0.05, 0.1) is 0 Å². The molecule has 0 amide bonds. The molecule has 7 rings (SSSR count). The Bertz CT molecular complexity index is 2270. The number of allylic oxidation sites excluding steroid dienone is 11. The molecule has 0 aromatic heterocycles. The number of nitrogen functional groups attached to an aromatic ring is 3. The second kappa shape index (κ2) is 12.9. The van der Waals surface area contributed by atoms with Gasteiger partial charge in [0.1, 0.15) is 0 Å². The third kappa shape index (κ3) is 5.36. The van der Waals surface area contributed by atoms with Crippen LogP contribution in [0.5, 0.6) is 0 Å². The molecule has 0 saturated heterocycles. The van der Waals surface area contributed by atoms with Crippen molar-refractivity contribution in [2.24, 2.45) is 5.73 Å². The normalized spacial score (nSPS) is 17.3. The molecular formula is C45H42N4. The van der Waals surface area contributed by atoms with Gasteiger partial charge in [0, 0.05) is 39.3 Å². The molecule has 3 aliphatic rings. The Morgan fingerprint density at radius 3 is 2.18 bits per heavy atom. The van der Waals surface area contributed by atoms with Gasteiger partial charge in [-0.2, -0.15) is 0 Å². The summed E-state index contributed by atoms with van der Waals surface area (Å²) in [6.45, 7) is 8.41. The Kier molecular flexibility index (Phi) is 8.31. The molecule has 3 aliphatic carbocycles. The van der Waals surface area contributed by atoms with E-state index in [0.717, 1.165) is 63.3 Å². The first-order valence-electron chi connectivity index (χ1n) is 16.8. The summed E-state index contributed by atoms with van der Waals surface area (Å²) in [6, 6.07) is 23.1. The zero-order valence-corrected chi connectivity index (χ0v) is 28.2. The van der Waals surface area contributed by atoms with Gasteiger partial charge in [-0.1, -0.05) is 97.6 Å². The minimum Gasteiger partial charge on any atom is -0.405 e. The van der Waals surface area contributed by atoms with Crippen LogP contribution in [-0.4, -0.2) is 0 Å². The number of anilines is 3. The first kappa shape index (κ1) is 31.6. The maximum atomic E-state index is 7.01. The van der Waals surface area contributed by atoms with Crippen molar-refractivity contribution in [3.63, 3.8) is 0 Å². The van der Waals surface area contributed by atoms with E-state index >= 15 is 0 Å². The molecule has 49 heavy (non-hydrogen) atoms. The van der Waals surface area contributed by atoms with Crippen molar-refractivity contribution in [2.45, 2.75) is 33.1 Å². The highest BCUT2D eigenvalue weighted by molar-refractivity contribution is 6.06. The van der Waals surface area contributed by atoms with E-state index in [1.165, 1.54) is 55.7 Å². The monoisotopic (exact) mass is 638 g/mol. The summed E-state index contributed by atoms with van der Waals surface area (Å²) in [6.07, 6.45) is 20.8. The van der Waals surface area contributed by atoms with Gasteiger partial charge in [0.15, 0.2) is 0 Å². The third-order valence-electron chi connectivity index (χ3n) is 10.1. The Labute approximate surface area is 289 Å². The lowest BCUT2D eigenvalue weighted by molar-refractivity contribution is 1.07. The maximum absolute atomic E-state index is 7.01. The zero-order valence-electron chi connectivity index (χ0n) is 28.2. The Balaban J connectivity index is 1.30. The molecule has 0 aliphatic heterocycles. The van der Waals surface area contributed by atoms with Gasteiger partial charge in [0.25, 0.3) is 0 Å². The molecule has 242 valence electrons. The van der Waals surface area contributed by atoms with Gasteiger partial charge < -0.3 is 22.9 Å². The van der Waals surface area contributed by atoms with Gasteiger partial charge in [0.2, 0.25) is 0 Å². The number of fused-ring (bicyclic) bond motifs is 5. The van der Waals surface area contributed by atoms with Crippen molar-refractivity contribution in [2.75, 3.05) is 17.2 Å². The van der Waals surface area contributed by atoms with Crippen molar-refractivity contribution in [3.05, 3.63) is 177 Å². The quantitative estimate of drug-likeness (QED) is 0.133. The topological polar surface area (TPSA) is 104 Å². The van der Waals surface area contributed by atoms with Gasteiger partial charge in [-0.15, -0.1) is 0 Å². The van der Waals surface area contributed by atoms with Crippen molar-refractivity contribution in [1.82, 2.24) is 0 Å². The van der Waals surface area contributed by atoms with E-state index in [9.17, 15) is 0 Å². The van der Waals surface area contributed by atoms with Crippen molar-refractivity contribution in [1.29, 1.82) is 0 Å². The molecule has 0 heterocycles. The van der Waals surface area contributed by atoms with E-state index < -0.39 is 0 Å².